The molecule has 0 unspecified atom stereocenters. The molecule has 1 saturated heterocycles. The predicted octanol–water partition coefficient (Wildman–Crippen LogP) is 2.63. The summed E-state index contributed by atoms with van der Waals surface area (Å²) in [5.74, 6) is -0.265. The van der Waals surface area contributed by atoms with Crippen LogP contribution in [0.5, 0.6) is 5.75 Å². The Labute approximate surface area is 130 Å². The van der Waals surface area contributed by atoms with Crippen molar-refractivity contribution in [1.82, 2.24) is 4.90 Å². The molecule has 1 N–H and O–H groups in total. The zero-order valence-electron chi connectivity index (χ0n) is 11.7. The monoisotopic (exact) mass is 337 g/mol. The first-order valence-electron chi connectivity index (χ1n) is 6.62. The van der Waals surface area contributed by atoms with E-state index in [2.05, 4.69) is 0 Å². The van der Waals surface area contributed by atoms with Gasteiger partial charge in [-0.05, 0) is 25.1 Å². The summed E-state index contributed by atoms with van der Waals surface area (Å²) in [7, 11) is 0. The number of hydrogen-bond acceptors (Lipinski definition) is 3. The van der Waals surface area contributed by atoms with E-state index in [0.717, 1.165) is 4.90 Å². The minimum atomic E-state index is -4.76. The van der Waals surface area contributed by atoms with Crippen LogP contribution >= 0.6 is 11.6 Å². The molecule has 122 valence electrons. The van der Waals surface area contributed by atoms with E-state index in [4.69, 9.17) is 16.3 Å². The van der Waals surface area contributed by atoms with Crippen LogP contribution in [0.2, 0.25) is 5.02 Å². The van der Waals surface area contributed by atoms with Crippen molar-refractivity contribution >= 4 is 17.5 Å². The average Bonchev–Trinajstić information content (AvgIpc) is 2.81. The number of carbonyl (C=O) groups excluding carboxylic acids is 1. The van der Waals surface area contributed by atoms with E-state index in [9.17, 15) is 23.1 Å². The molecule has 1 aliphatic heterocycles. The van der Waals surface area contributed by atoms with E-state index in [-0.39, 0.29) is 6.54 Å². The van der Waals surface area contributed by atoms with Gasteiger partial charge in [0.2, 0.25) is 0 Å². The molecule has 2 atom stereocenters. The van der Waals surface area contributed by atoms with Crippen LogP contribution in [0.1, 0.15) is 13.3 Å². The molecule has 0 spiro atoms. The Bertz CT molecular complexity index is 567. The van der Waals surface area contributed by atoms with Gasteiger partial charge in [0.15, 0.2) is 11.7 Å². The van der Waals surface area contributed by atoms with Crippen molar-refractivity contribution in [2.45, 2.75) is 31.2 Å². The van der Waals surface area contributed by atoms with Gasteiger partial charge < -0.3 is 14.7 Å². The summed E-state index contributed by atoms with van der Waals surface area (Å²) < 4.78 is 43.6. The second kappa shape index (κ2) is 5.96. The normalized spacial score (nSPS) is 23.5. The third-order valence-corrected chi connectivity index (χ3v) is 3.78. The van der Waals surface area contributed by atoms with Crippen LogP contribution in [0.4, 0.5) is 13.2 Å². The Balaban J connectivity index is 2.00. The molecule has 0 radical (unpaired) electrons. The Morgan fingerprint density at radius 1 is 1.50 bits per heavy atom. The minimum Gasteiger partial charge on any atom is -0.481 e. The maximum atomic E-state index is 12.7. The van der Waals surface area contributed by atoms with Gasteiger partial charge >= 0.3 is 6.18 Å². The van der Waals surface area contributed by atoms with Gasteiger partial charge in [0, 0.05) is 18.0 Å². The van der Waals surface area contributed by atoms with Crippen LogP contribution in [0.15, 0.2) is 24.3 Å². The Hall–Kier alpha value is -1.47. The van der Waals surface area contributed by atoms with Gasteiger partial charge in [-0.1, -0.05) is 17.7 Å². The highest BCUT2D eigenvalue weighted by molar-refractivity contribution is 6.30. The number of hydrogen-bond donors (Lipinski definition) is 1. The topological polar surface area (TPSA) is 49.8 Å². The first-order valence-corrected chi connectivity index (χ1v) is 7.00. The number of β-amino-alcohol motifs (C(OH)–C–C–N with tert-alkyl or cyclic N) is 1. The number of ether oxygens (including phenoxy) is 1. The molecule has 1 heterocycles. The highest BCUT2D eigenvalue weighted by Gasteiger charge is 2.58. The molecule has 2 rings (SSSR count). The van der Waals surface area contributed by atoms with Crippen molar-refractivity contribution in [1.29, 1.82) is 0 Å². The summed E-state index contributed by atoms with van der Waals surface area (Å²) in [5, 5.41) is 10.00. The van der Waals surface area contributed by atoms with E-state index < -0.39 is 36.8 Å². The largest absolute Gasteiger partial charge is 0.481 e. The fourth-order valence-electron chi connectivity index (χ4n) is 2.27. The molecule has 0 aromatic heterocycles. The van der Waals surface area contributed by atoms with E-state index in [1.807, 2.05) is 0 Å². The van der Waals surface area contributed by atoms with E-state index in [1.165, 1.54) is 13.0 Å². The zero-order valence-corrected chi connectivity index (χ0v) is 12.5. The van der Waals surface area contributed by atoms with Crippen LogP contribution in [-0.4, -0.2) is 46.9 Å². The van der Waals surface area contributed by atoms with E-state index in [0.29, 0.717) is 10.8 Å². The van der Waals surface area contributed by atoms with Crippen LogP contribution in [-0.2, 0) is 4.79 Å². The highest BCUT2D eigenvalue weighted by atomic mass is 35.5. The lowest BCUT2D eigenvalue weighted by Gasteiger charge is -2.27. The molecule has 1 fully saturated rings. The van der Waals surface area contributed by atoms with Gasteiger partial charge in [-0.2, -0.15) is 13.2 Å². The molecular weight excluding hydrogens is 323 g/mol. The predicted molar refractivity (Wildman–Crippen MR) is 73.7 cm³/mol. The number of amides is 1. The second-order valence-electron chi connectivity index (χ2n) is 5.26. The molecule has 0 aliphatic carbocycles. The summed E-state index contributed by atoms with van der Waals surface area (Å²) in [4.78, 5) is 13.1. The number of rotatable bonds is 3. The third kappa shape index (κ3) is 3.47. The van der Waals surface area contributed by atoms with Crippen molar-refractivity contribution in [2.24, 2.45) is 0 Å². The quantitative estimate of drug-likeness (QED) is 0.922. The summed E-state index contributed by atoms with van der Waals surface area (Å²) >= 11 is 5.79. The molecule has 0 saturated carbocycles. The first-order chi connectivity index (χ1) is 10.1. The van der Waals surface area contributed by atoms with Crippen LogP contribution in [0.3, 0.4) is 0 Å². The lowest BCUT2D eigenvalue weighted by molar-refractivity contribution is -0.253. The summed E-state index contributed by atoms with van der Waals surface area (Å²) in [6.45, 7) is 0.491. The SMILES string of the molecule is C[C@@H](Oc1cccc(Cl)c1)C(=O)N1CC[C@](O)(C(F)(F)F)C1. The lowest BCUT2D eigenvalue weighted by atomic mass is 10.0. The number of alkyl halides is 3. The number of benzene rings is 1. The molecule has 22 heavy (non-hydrogen) atoms. The second-order valence-corrected chi connectivity index (χ2v) is 5.69. The summed E-state index contributed by atoms with van der Waals surface area (Å²) in [6, 6.07) is 6.35. The standard InChI is InChI=1S/C14H15ClF3NO3/c1-9(22-11-4-2-3-10(15)7-11)12(20)19-6-5-13(21,8-19)14(16,17)18/h2-4,7,9,21H,5-6,8H2,1H3/t9-,13-/m1/s1. The van der Waals surface area contributed by atoms with Crippen LogP contribution in [0, 0.1) is 0 Å². The molecule has 4 nitrogen and oxygen atoms in total. The van der Waals surface area contributed by atoms with Crippen LogP contribution in [0.25, 0.3) is 0 Å². The molecule has 1 aliphatic rings. The van der Waals surface area contributed by atoms with E-state index in [1.54, 1.807) is 18.2 Å². The number of likely N-dealkylation sites (tertiary alicyclic amines) is 1. The molecule has 8 heteroatoms. The lowest BCUT2D eigenvalue weighted by Crippen LogP contribution is -2.49. The van der Waals surface area contributed by atoms with Crippen molar-refractivity contribution in [3.63, 3.8) is 0 Å². The van der Waals surface area contributed by atoms with Crippen LogP contribution < -0.4 is 4.74 Å². The van der Waals surface area contributed by atoms with Crippen molar-refractivity contribution in [3.8, 4) is 5.75 Å². The van der Waals surface area contributed by atoms with Gasteiger partial charge in [0.05, 0.1) is 6.54 Å². The van der Waals surface area contributed by atoms with Gasteiger partial charge in [-0.25, -0.2) is 0 Å². The van der Waals surface area contributed by atoms with E-state index >= 15 is 0 Å². The molecular formula is C14H15ClF3NO3. The maximum Gasteiger partial charge on any atom is 0.419 e. The smallest absolute Gasteiger partial charge is 0.419 e. The third-order valence-electron chi connectivity index (χ3n) is 3.54. The number of carbonyl (C=O) groups is 1. The summed E-state index contributed by atoms with van der Waals surface area (Å²) in [6.07, 6.45) is -6.28. The molecule has 0 bridgehead atoms. The van der Waals surface area contributed by atoms with Gasteiger partial charge in [0.25, 0.3) is 5.91 Å². The summed E-state index contributed by atoms with van der Waals surface area (Å²) in [5.41, 5.74) is -2.85. The average molecular weight is 338 g/mol. The Kier molecular flexibility index (Phi) is 4.58. The Morgan fingerprint density at radius 3 is 2.73 bits per heavy atom. The highest BCUT2D eigenvalue weighted by Crippen LogP contribution is 2.37. The van der Waals surface area contributed by atoms with Crippen molar-refractivity contribution < 1.29 is 27.8 Å². The van der Waals surface area contributed by atoms with Crippen molar-refractivity contribution in [3.05, 3.63) is 29.3 Å². The number of nitrogens with zero attached hydrogens (tertiary/aromatic N) is 1. The number of halogens is 4. The Morgan fingerprint density at radius 2 is 2.18 bits per heavy atom. The van der Waals surface area contributed by atoms with Gasteiger partial charge in [-0.3, -0.25) is 4.79 Å². The first kappa shape index (κ1) is 16.9. The fourth-order valence-corrected chi connectivity index (χ4v) is 2.45. The zero-order chi connectivity index (χ0) is 16.5. The number of aliphatic hydroxyl groups is 1. The maximum absolute atomic E-state index is 12.7. The molecule has 1 amide bonds. The van der Waals surface area contributed by atoms with Gasteiger partial charge in [0.1, 0.15) is 5.75 Å². The van der Waals surface area contributed by atoms with Gasteiger partial charge in [-0.15, -0.1) is 0 Å². The fraction of sp³-hybridized carbons (Fsp3) is 0.500. The molecule has 1 aromatic carbocycles. The minimum absolute atomic E-state index is 0.169. The van der Waals surface area contributed by atoms with Crippen molar-refractivity contribution in [2.75, 3.05) is 13.1 Å². The molecule has 1 aromatic rings.